The molecule has 1 atom stereocenters. The van der Waals surface area contributed by atoms with Gasteiger partial charge in [0.15, 0.2) is 11.5 Å². The van der Waals surface area contributed by atoms with Crippen LogP contribution in [0.25, 0.3) is 0 Å². The van der Waals surface area contributed by atoms with Crippen molar-refractivity contribution in [2.45, 2.75) is 26.1 Å². The molecule has 0 aliphatic carbocycles. The molecule has 0 fully saturated rings. The molecule has 0 heterocycles. The molecule has 146 valence electrons. The third-order valence-electron chi connectivity index (χ3n) is 4.47. The van der Waals surface area contributed by atoms with Crippen LogP contribution >= 0.6 is 27.5 Å². The summed E-state index contributed by atoms with van der Waals surface area (Å²) >= 11 is 9.67. The van der Waals surface area contributed by atoms with Gasteiger partial charge in [0.1, 0.15) is 6.61 Å². The predicted molar refractivity (Wildman–Crippen MR) is 118 cm³/mol. The van der Waals surface area contributed by atoms with Crippen LogP contribution in [0.2, 0.25) is 5.02 Å². The smallest absolute Gasteiger partial charge is 0.175 e. The van der Waals surface area contributed by atoms with Gasteiger partial charge in [0, 0.05) is 17.6 Å². The fraction of sp³-hybridized carbons (Fsp3) is 0.217. The first-order valence-corrected chi connectivity index (χ1v) is 10.3. The molecular formula is C23H23BrClNO2. The Kier molecular flexibility index (Phi) is 7.37. The van der Waals surface area contributed by atoms with Crippen molar-refractivity contribution in [3.63, 3.8) is 0 Å². The third kappa shape index (κ3) is 5.51. The number of nitrogens with one attached hydrogen (secondary N) is 1. The Hall–Kier alpha value is -2.01. The summed E-state index contributed by atoms with van der Waals surface area (Å²) in [5.41, 5.74) is 3.38. The van der Waals surface area contributed by atoms with Gasteiger partial charge in [0.2, 0.25) is 0 Å². The molecule has 0 amide bonds. The molecule has 0 saturated heterocycles. The standard InChI is InChI=1S/C23H23BrClNO2/c1-16(19-8-4-3-5-9-19)26-14-18-12-21(24)23(22(13-18)27-2)28-15-17-7-6-10-20(25)11-17/h3-13,16,26H,14-15H2,1-2H3/t16-/m1/s1. The first kappa shape index (κ1) is 20.7. The molecule has 0 radical (unpaired) electrons. The molecule has 3 rings (SSSR count). The molecule has 0 bridgehead atoms. The van der Waals surface area contributed by atoms with Crippen molar-refractivity contribution >= 4 is 27.5 Å². The second-order valence-electron chi connectivity index (χ2n) is 6.54. The maximum atomic E-state index is 6.05. The first-order chi connectivity index (χ1) is 13.6. The number of hydrogen-bond acceptors (Lipinski definition) is 3. The highest BCUT2D eigenvalue weighted by Gasteiger charge is 2.13. The maximum Gasteiger partial charge on any atom is 0.175 e. The minimum atomic E-state index is 0.254. The van der Waals surface area contributed by atoms with E-state index in [4.69, 9.17) is 21.1 Å². The zero-order valence-electron chi connectivity index (χ0n) is 15.9. The van der Waals surface area contributed by atoms with Crippen molar-refractivity contribution in [2.24, 2.45) is 0 Å². The lowest BCUT2D eigenvalue weighted by Gasteiger charge is -2.17. The highest BCUT2D eigenvalue weighted by atomic mass is 79.9. The van der Waals surface area contributed by atoms with E-state index in [9.17, 15) is 0 Å². The van der Waals surface area contributed by atoms with Gasteiger partial charge >= 0.3 is 0 Å². The Morgan fingerprint density at radius 2 is 1.79 bits per heavy atom. The predicted octanol–water partition coefficient (Wildman–Crippen LogP) is 6.54. The highest BCUT2D eigenvalue weighted by molar-refractivity contribution is 9.10. The third-order valence-corrected chi connectivity index (χ3v) is 5.30. The Morgan fingerprint density at radius 3 is 2.50 bits per heavy atom. The molecule has 0 aliphatic rings. The van der Waals surface area contributed by atoms with E-state index in [1.807, 2.05) is 36.4 Å². The van der Waals surface area contributed by atoms with Crippen LogP contribution in [0.15, 0.2) is 71.2 Å². The van der Waals surface area contributed by atoms with Gasteiger partial charge in [-0.25, -0.2) is 0 Å². The van der Waals surface area contributed by atoms with E-state index in [0.717, 1.165) is 22.1 Å². The second kappa shape index (κ2) is 9.97. The number of halogens is 2. The van der Waals surface area contributed by atoms with Crippen molar-refractivity contribution in [1.29, 1.82) is 0 Å². The monoisotopic (exact) mass is 459 g/mol. The molecule has 0 aromatic heterocycles. The van der Waals surface area contributed by atoms with E-state index in [1.54, 1.807) is 7.11 Å². The lowest BCUT2D eigenvalue weighted by Crippen LogP contribution is -2.18. The van der Waals surface area contributed by atoms with Crippen LogP contribution in [0.4, 0.5) is 0 Å². The lowest BCUT2D eigenvalue weighted by atomic mass is 10.1. The quantitative estimate of drug-likeness (QED) is 0.414. The number of ether oxygens (including phenoxy) is 2. The van der Waals surface area contributed by atoms with E-state index in [0.29, 0.717) is 23.1 Å². The van der Waals surface area contributed by atoms with E-state index in [1.165, 1.54) is 5.56 Å². The molecule has 5 heteroatoms. The first-order valence-electron chi connectivity index (χ1n) is 9.09. The van der Waals surface area contributed by atoms with Crippen LogP contribution in [0.5, 0.6) is 11.5 Å². The summed E-state index contributed by atoms with van der Waals surface area (Å²) in [5, 5.41) is 4.24. The number of benzene rings is 3. The van der Waals surface area contributed by atoms with Crippen molar-refractivity contribution < 1.29 is 9.47 Å². The van der Waals surface area contributed by atoms with Crippen LogP contribution in [0, 0.1) is 0 Å². The van der Waals surface area contributed by atoms with Crippen LogP contribution in [0.3, 0.4) is 0 Å². The zero-order valence-corrected chi connectivity index (χ0v) is 18.3. The average molecular weight is 461 g/mol. The van der Waals surface area contributed by atoms with Gasteiger partial charge in [-0.3, -0.25) is 0 Å². The summed E-state index contributed by atoms with van der Waals surface area (Å²) in [6.45, 7) is 3.29. The normalized spacial score (nSPS) is 11.9. The summed E-state index contributed by atoms with van der Waals surface area (Å²) in [7, 11) is 1.65. The molecule has 1 N–H and O–H groups in total. The largest absolute Gasteiger partial charge is 0.493 e. The molecule has 0 aliphatic heterocycles. The fourth-order valence-corrected chi connectivity index (χ4v) is 3.74. The molecule has 0 spiro atoms. The SMILES string of the molecule is COc1cc(CN[C@H](C)c2ccccc2)cc(Br)c1OCc1cccc(Cl)c1. The van der Waals surface area contributed by atoms with Gasteiger partial charge in [-0.2, -0.15) is 0 Å². The zero-order chi connectivity index (χ0) is 19.9. The minimum Gasteiger partial charge on any atom is -0.493 e. The number of rotatable bonds is 8. The summed E-state index contributed by atoms with van der Waals surface area (Å²) < 4.78 is 12.4. The molecule has 3 nitrogen and oxygen atoms in total. The van der Waals surface area contributed by atoms with Gasteiger partial charge in [0.25, 0.3) is 0 Å². The molecular weight excluding hydrogens is 438 g/mol. The summed E-state index contributed by atoms with van der Waals surface area (Å²) in [4.78, 5) is 0. The summed E-state index contributed by atoms with van der Waals surface area (Å²) in [5.74, 6) is 1.38. The summed E-state index contributed by atoms with van der Waals surface area (Å²) in [6, 6.07) is 22.3. The number of methoxy groups -OCH3 is 1. The van der Waals surface area contributed by atoms with Crippen LogP contribution < -0.4 is 14.8 Å². The Morgan fingerprint density at radius 1 is 1.00 bits per heavy atom. The van der Waals surface area contributed by atoms with Crippen LogP contribution in [-0.2, 0) is 13.2 Å². The van der Waals surface area contributed by atoms with Gasteiger partial charge < -0.3 is 14.8 Å². The van der Waals surface area contributed by atoms with E-state index in [2.05, 4.69) is 58.5 Å². The van der Waals surface area contributed by atoms with Crippen molar-refractivity contribution in [3.05, 3.63) is 92.9 Å². The molecule has 3 aromatic carbocycles. The topological polar surface area (TPSA) is 30.5 Å². The fourth-order valence-electron chi connectivity index (χ4n) is 2.93. The van der Waals surface area contributed by atoms with Gasteiger partial charge in [-0.05, 0) is 63.8 Å². The lowest BCUT2D eigenvalue weighted by molar-refractivity contribution is 0.282. The van der Waals surface area contributed by atoms with Crippen molar-refractivity contribution in [1.82, 2.24) is 5.32 Å². The van der Waals surface area contributed by atoms with Crippen LogP contribution in [-0.4, -0.2) is 7.11 Å². The Labute approximate surface area is 179 Å². The summed E-state index contributed by atoms with van der Waals surface area (Å²) in [6.07, 6.45) is 0. The molecule has 0 saturated carbocycles. The van der Waals surface area contributed by atoms with Gasteiger partial charge in [-0.15, -0.1) is 0 Å². The van der Waals surface area contributed by atoms with Crippen LogP contribution in [0.1, 0.15) is 29.7 Å². The van der Waals surface area contributed by atoms with E-state index >= 15 is 0 Å². The van der Waals surface area contributed by atoms with Gasteiger partial charge in [-0.1, -0.05) is 54.1 Å². The van der Waals surface area contributed by atoms with Gasteiger partial charge in [0.05, 0.1) is 11.6 Å². The Bertz CT molecular complexity index is 918. The molecule has 28 heavy (non-hydrogen) atoms. The van der Waals surface area contributed by atoms with Crippen molar-refractivity contribution in [2.75, 3.05) is 7.11 Å². The molecule has 3 aromatic rings. The number of hydrogen-bond donors (Lipinski definition) is 1. The molecule has 0 unspecified atom stereocenters. The van der Waals surface area contributed by atoms with E-state index < -0.39 is 0 Å². The maximum absolute atomic E-state index is 6.05. The van der Waals surface area contributed by atoms with E-state index in [-0.39, 0.29) is 6.04 Å². The second-order valence-corrected chi connectivity index (χ2v) is 7.83. The average Bonchev–Trinajstić information content (AvgIpc) is 2.71. The highest BCUT2D eigenvalue weighted by Crippen LogP contribution is 2.37. The Balaban J connectivity index is 1.68. The van der Waals surface area contributed by atoms with Crippen molar-refractivity contribution in [3.8, 4) is 11.5 Å². The minimum absolute atomic E-state index is 0.254.